The van der Waals surface area contributed by atoms with E-state index >= 15 is 0 Å². The van der Waals surface area contributed by atoms with Crippen LogP contribution in [-0.2, 0) is 0 Å². The van der Waals surface area contributed by atoms with Gasteiger partial charge in [0.25, 0.3) is 0 Å². The topological polar surface area (TPSA) is 60.2 Å². The molecule has 112 valence electrons. The summed E-state index contributed by atoms with van der Waals surface area (Å²) in [4.78, 5) is 4.22. The summed E-state index contributed by atoms with van der Waals surface area (Å²) in [7, 11) is 0. The molecule has 1 aromatic heterocycles. The van der Waals surface area contributed by atoms with Crippen molar-refractivity contribution in [2.75, 3.05) is 0 Å². The number of nitrogens with one attached hydrogen (secondary N) is 1. The highest BCUT2D eigenvalue weighted by Gasteiger charge is 2.17. The molecular formula is C15H17BrClN3O. The lowest BCUT2D eigenvalue weighted by molar-refractivity contribution is 0.241. The van der Waals surface area contributed by atoms with Gasteiger partial charge in [0.15, 0.2) is 0 Å². The number of nitrogens with two attached hydrogens (primary N) is 1. The van der Waals surface area contributed by atoms with Crippen LogP contribution >= 0.6 is 27.5 Å². The van der Waals surface area contributed by atoms with Gasteiger partial charge in [-0.15, -0.1) is 0 Å². The first-order valence-corrected chi connectivity index (χ1v) is 7.71. The Morgan fingerprint density at radius 2 is 2.05 bits per heavy atom. The van der Waals surface area contributed by atoms with Crippen molar-refractivity contribution >= 4 is 27.5 Å². The van der Waals surface area contributed by atoms with E-state index in [9.17, 15) is 0 Å². The Hall–Kier alpha value is -1.14. The molecule has 0 aliphatic rings. The Labute approximate surface area is 137 Å². The second-order valence-electron chi connectivity index (χ2n) is 4.89. The van der Waals surface area contributed by atoms with E-state index in [0.717, 1.165) is 15.6 Å². The Balaban J connectivity index is 2.37. The molecule has 0 saturated heterocycles. The maximum Gasteiger partial charge on any atom is 0.138 e. The summed E-state index contributed by atoms with van der Waals surface area (Å²) >= 11 is 9.49. The normalized spacial score (nSPS) is 12.5. The maximum absolute atomic E-state index is 5.98. The summed E-state index contributed by atoms with van der Waals surface area (Å²) in [5, 5.41) is 0.663. The van der Waals surface area contributed by atoms with Gasteiger partial charge in [0.1, 0.15) is 5.75 Å². The van der Waals surface area contributed by atoms with E-state index in [1.165, 1.54) is 0 Å². The van der Waals surface area contributed by atoms with Crippen LogP contribution < -0.4 is 16.0 Å². The molecule has 2 rings (SSSR count). The van der Waals surface area contributed by atoms with Gasteiger partial charge in [-0.1, -0.05) is 33.6 Å². The molecule has 0 spiro atoms. The number of nitrogens with zero attached hydrogens (tertiary/aromatic N) is 1. The van der Waals surface area contributed by atoms with Crippen molar-refractivity contribution in [2.24, 2.45) is 5.84 Å². The van der Waals surface area contributed by atoms with Gasteiger partial charge in [0.05, 0.1) is 18.3 Å². The summed E-state index contributed by atoms with van der Waals surface area (Å²) in [6.45, 7) is 3.95. The molecule has 3 N–H and O–H groups in total. The highest BCUT2D eigenvalue weighted by atomic mass is 79.9. The first-order valence-electron chi connectivity index (χ1n) is 6.54. The first-order chi connectivity index (χ1) is 10.0. The molecule has 0 aliphatic heterocycles. The first kappa shape index (κ1) is 16.2. The summed E-state index contributed by atoms with van der Waals surface area (Å²) in [6, 6.07) is 7.31. The molecule has 0 aliphatic carbocycles. The van der Waals surface area contributed by atoms with Crippen LogP contribution in [0.2, 0.25) is 5.02 Å². The molecule has 4 nitrogen and oxygen atoms in total. The molecule has 0 fully saturated rings. The van der Waals surface area contributed by atoms with Crippen molar-refractivity contribution in [2.45, 2.75) is 26.0 Å². The number of hydrogen-bond donors (Lipinski definition) is 2. The summed E-state index contributed by atoms with van der Waals surface area (Å²) in [5.74, 6) is 6.44. The van der Waals surface area contributed by atoms with Crippen LogP contribution in [0.5, 0.6) is 5.75 Å². The standard InChI is InChI=1S/C15H17BrClN3O/c1-9(2)21-12-5-10(7-19-8-12)15(20-18)13-4-3-11(17)6-14(13)16/h3-9,15,20H,18H2,1-2H3. The smallest absolute Gasteiger partial charge is 0.138 e. The minimum atomic E-state index is -0.208. The van der Waals surface area contributed by atoms with Gasteiger partial charge in [0.2, 0.25) is 0 Å². The number of hydrogen-bond acceptors (Lipinski definition) is 4. The van der Waals surface area contributed by atoms with Crippen LogP contribution in [0.3, 0.4) is 0 Å². The lowest BCUT2D eigenvalue weighted by Gasteiger charge is -2.19. The predicted molar refractivity (Wildman–Crippen MR) is 88.3 cm³/mol. The van der Waals surface area contributed by atoms with Crippen molar-refractivity contribution in [3.63, 3.8) is 0 Å². The molecule has 1 aromatic carbocycles. The predicted octanol–water partition coefficient (Wildman–Crippen LogP) is 3.84. The van der Waals surface area contributed by atoms with Gasteiger partial charge in [-0.2, -0.15) is 0 Å². The van der Waals surface area contributed by atoms with Crippen LogP contribution in [-0.4, -0.2) is 11.1 Å². The van der Waals surface area contributed by atoms with Crippen LogP contribution in [0.25, 0.3) is 0 Å². The molecule has 0 bridgehead atoms. The second kappa shape index (κ2) is 7.22. The SMILES string of the molecule is CC(C)Oc1cncc(C(NN)c2ccc(Cl)cc2Br)c1. The highest BCUT2D eigenvalue weighted by molar-refractivity contribution is 9.10. The summed E-state index contributed by atoms with van der Waals surface area (Å²) < 4.78 is 6.55. The van der Waals surface area contributed by atoms with E-state index in [1.807, 2.05) is 38.1 Å². The lowest BCUT2D eigenvalue weighted by atomic mass is 10.0. The van der Waals surface area contributed by atoms with E-state index in [0.29, 0.717) is 10.8 Å². The fraction of sp³-hybridized carbons (Fsp3) is 0.267. The third kappa shape index (κ3) is 4.17. The molecule has 21 heavy (non-hydrogen) atoms. The Morgan fingerprint density at radius 1 is 1.29 bits per heavy atom. The van der Waals surface area contributed by atoms with Crippen LogP contribution in [0.15, 0.2) is 41.1 Å². The summed E-state index contributed by atoms with van der Waals surface area (Å²) in [6.07, 6.45) is 3.54. The van der Waals surface area contributed by atoms with E-state index < -0.39 is 0 Å². The van der Waals surface area contributed by atoms with Gasteiger partial charge in [-0.25, -0.2) is 5.43 Å². The highest BCUT2D eigenvalue weighted by Crippen LogP contribution is 2.31. The van der Waals surface area contributed by atoms with E-state index in [2.05, 4.69) is 26.3 Å². The van der Waals surface area contributed by atoms with Crippen molar-refractivity contribution in [1.82, 2.24) is 10.4 Å². The van der Waals surface area contributed by atoms with E-state index in [1.54, 1.807) is 12.4 Å². The third-order valence-corrected chi connectivity index (χ3v) is 3.80. The Bertz CT molecular complexity index is 622. The number of benzene rings is 1. The molecule has 2 aromatic rings. The average molecular weight is 371 g/mol. The number of halogens is 2. The molecular weight excluding hydrogens is 354 g/mol. The molecule has 0 amide bonds. The van der Waals surface area contributed by atoms with Crippen LogP contribution in [0.4, 0.5) is 0 Å². The van der Waals surface area contributed by atoms with Crippen LogP contribution in [0, 0.1) is 0 Å². The minimum Gasteiger partial charge on any atom is -0.489 e. The number of ether oxygens (including phenoxy) is 1. The van der Waals surface area contributed by atoms with Gasteiger partial charge in [-0.05, 0) is 43.2 Å². The maximum atomic E-state index is 5.98. The Morgan fingerprint density at radius 3 is 2.67 bits per heavy atom. The largest absolute Gasteiger partial charge is 0.489 e. The zero-order valence-corrected chi connectivity index (χ0v) is 14.1. The van der Waals surface area contributed by atoms with Crippen molar-refractivity contribution in [1.29, 1.82) is 0 Å². The molecule has 1 unspecified atom stereocenters. The second-order valence-corrected chi connectivity index (χ2v) is 6.18. The Kier molecular flexibility index (Phi) is 5.58. The van der Waals surface area contributed by atoms with Gasteiger partial charge in [0, 0.05) is 15.7 Å². The fourth-order valence-electron chi connectivity index (χ4n) is 2.03. The molecule has 1 heterocycles. The molecule has 0 radical (unpaired) electrons. The zero-order chi connectivity index (χ0) is 15.4. The van der Waals surface area contributed by atoms with Crippen molar-refractivity contribution in [3.8, 4) is 5.75 Å². The lowest BCUT2D eigenvalue weighted by Crippen LogP contribution is -2.29. The number of rotatable bonds is 5. The van der Waals surface area contributed by atoms with Crippen molar-refractivity contribution in [3.05, 3.63) is 57.3 Å². The monoisotopic (exact) mass is 369 g/mol. The fourth-order valence-corrected chi connectivity index (χ4v) is 2.94. The van der Waals surface area contributed by atoms with E-state index in [4.69, 9.17) is 22.2 Å². The van der Waals surface area contributed by atoms with Crippen molar-refractivity contribution < 1.29 is 4.74 Å². The quantitative estimate of drug-likeness (QED) is 0.620. The molecule has 0 saturated carbocycles. The number of pyridine rings is 1. The molecule has 6 heteroatoms. The number of hydrazine groups is 1. The number of aromatic nitrogens is 1. The zero-order valence-electron chi connectivity index (χ0n) is 11.8. The van der Waals surface area contributed by atoms with E-state index in [-0.39, 0.29) is 12.1 Å². The van der Waals surface area contributed by atoms with Gasteiger partial charge < -0.3 is 4.74 Å². The third-order valence-electron chi connectivity index (χ3n) is 2.88. The van der Waals surface area contributed by atoms with Gasteiger partial charge >= 0.3 is 0 Å². The van der Waals surface area contributed by atoms with Crippen LogP contribution in [0.1, 0.15) is 31.0 Å². The van der Waals surface area contributed by atoms with Gasteiger partial charge in [-0.3, -0.25) is 10.8 Å². The molecule has 1 atom stereocenters. The average Bonchev–Trinajstić information content (AvgIpc) is 2.41. The summed E-state index contributed by atoms with van der Waals surface area (Å²) in [5.41, 5.74) is 4.70. The minimum absolute atomic E-state index is 0.0913.